The van der Waals surface area contributed by atoms with Crippen LogP contribution in [0.1, 0.15) is 18.4 Å². The van der Waals surface area contributed by atoms with Gasteiger partial charge in [0.2, 0.25) is 5.91 Å². The van der Waals surface area contributed by atoms with Crippen LogP contribution in [0.3, 0.4) is 0 Å². The molecule has 0 aliphatic carbocycles. The number of hydrogen-bond acceptors (Lipinski definition) is 5. The van der Waals surface area contributed by atoms with Crippen molar-refractivity contribution in [3.63, 3.8) is 0 Å². The molecule has 1 aliphatic heterocycles. The number of benzene rings is 1. The molecule has 1 amide bonds. The van der Waals surface area contributed by atoms with E-state index in [-0.39, 0.29) is 29.8 Å². The van der Waals surface area contributed by atoms with Crippen molar-refractivity contribution in [2.75, 3.05) is 11.5 Å². The van der Waals surface area contributed by atoms with Gasteiger partial charge in [-0.1, -0.05) is 24.3 Å². The molecule has 30 heavy (non-hydrogen) atoms. The van der Waals surface area contributed by atoms with Gasteiger partial charge in [-0.05, 0) is 35.6 Å². The monoisotopic (exact) mass is 424 g/mol. The molecule has 0 unspecified atom stereocenters. The van der Waals surface area contributed by atoms with Gasteiger partial charge in [0.05, 0.1) is 11.5 Å². The van der Waals surface area contributed by atoms with Gasteiger partial charge in [0.1, 0.15) is 5.69 Å². The van der Waals surface area contributed by atoms with Crippen LogP contribution < -0.4 is 5.32 Å². The molecule has 3 aromatic rings. The van der Waals surface area contributed by atoms with Crippen molar-refractivity contribution in [2.24, 2.45) is 13.0 Å². The molecule has 2 aromatic heterocycles. The van der Waals surface area contributed by atoms with Gasteiger partial charge in [0, 0.05) is 49.7 Å². The number of aromatic nitrogens is 3. The van der Waals surface area contributed by atoms with Gasteiger partial charge in [0.25, 0.3) is 0 Å². The molecule has 1 aliphatic rings. The molecule has 1 fully saturated rings. The zero-order valence-electron chi connectivity index (χ0n) is 16.8. The Labute approximate surface area is 176 Å². The Morgan fingerprint density at radius 2 is 1.87 bits per heavy atom. The highest BCUT2D eigenvalue weighted by Crippen LogP contribution is 2.30. The lowest BCUT2D eigenvalue weighted by Crippen LogP contribution is -2.25. The zero-order chi connectivity index (χ0) is 21.1. The number of carbonyl (C=O) groups excluding carboxylic acids is 1. The number of rotatable bonds is 6. The van der Waals surface area contributed by atoms with Crippen molar-refractivity contribution in [2.45, 2.75) is 19.4 Å². The number of pyridine rings is 1. The Bertz CT molecular complexity index is 1140. The number of nitrogens with one attached hydrogen (secondary N) is 1. The number of amides is 1. The van der Waals surface area contributed by atoms with Gasteiger partial charge in [-0.25, -0.2) is 8.42 Å². The van der Waals surface area contributed by atoms with E-state index in [0.29, 0.717) is 13.0 Å². The second-order valence-electron chi connectivity index (χ2n) is 7.75. The molecule has 0 spiro atoms. The summed E-state index contributed by atoms with van der Waals surface area (Å²) in [5, 5.41) is 7.50. The number of aryl methyl sites for hydroxylation is 1. The fourth-order valence-corrected chi connectivity index (χ4v) is 5.65. The van der Waals surface area contributed by atoms with E-state index in [1.54, 1.807) is 17.1 Å². The molecule has 0 radical (unpaired) electrons. The quantitative estimate of drug-likeness (QED) is 0.656. The summed E-state index contributed by atoms with van der Waals surface area (Å²) in [6, 6.07) is 11.9. The van der Waals surface area contributed by atoms with E-state index < -0.39 is 9.84 Å². The van der Waals surface area contributed by atoms with E-state index in [1.165, 1.54) is 0 Å². The minimum Gasteiger partial charge on any atom is -0.352 e. The first kappa shape index (κ1) is 20.3. The van der Waals surface area contributed by atoms with E-state index >= 15 is 0 Å². The molecule has 3 heterocycles. The van der Waals surface area contributed by atoms with Crippen LogP contribution in [0, 0.1) is 5.92 Å². The van der Waals surface area contributed by atoms with Crippen molar-refractivity contribution >= 4 is 15.7 Å². The SMILES string of the molecule is Cn1cc(-c2ccncc2)c(-c2ccc(CNC(=O)C[C@H]3CCS(=O)(=O)C3)cc2)n1. The maximum Gasteiger partial charge on any atom is 0.220 e. The maximum absolute atomic E-state index is 12.2. The highest BCUT2D eigenvalue weighted by molar-refractivity contribution is 7.91. The smallest absolute Gasteiger partial charge is 0.220 e. The third kappa shape index (κ3) is 4.76. The molecular formula is C22H24N4O3S. The second-order valence-corrected chi connectivity index (χ2v) is 9.98. The molecule has 7 nitrogen and oxygen atoms in total. The zero-order valence-corrected chi connectivity index (χ0v) is 17.6. The third-order valence-corrected chi connectivity index (χ3v) is 7.17. The Morgan fingerprint density at radius 3 is 2.53 bits per heavy atom. The van der Waals surface area contributed by atoms with E-state index in [1.807, 2.05) is 49.6 Å². The van der Waals surface area contributed by atoms with E-state index in [0.717, 1.165) is 27.9 Å². The molecular weight excluding hydrogens is 400 g/mol. The van der Waals surface area contributed by atoms with Crippen LogP contribution in [0.15, 0.2) is 55.0 Å². The van der Waals surface area contributed by atoms with Gasteiger partial charge in [-0.15, -0.1) is 0 Å². The fourth-order valence-electron chi connectivity index (χ4n) is 3.79. The summed E-state index contributed by atoms with van der Waals surface area (Å²) in [5.74, 6) is 0.152. The Hall–Kier alpha value is -3.00. The summed E-state index contributed by atoms with van der Waals surface area (Å²) >= 11 is 0. The molecule has 156 valence electrons. The van der Waals surface area contributed by atoms with Crippen molar-refractivity contribution in [1.29, 1.82) is 0 Å². The molecule has 8 heteroatoms. The van der Waals surface area contributed by atoms with Crippen molar-refractivity contribution in [3.8, 4) is 22.4 Å². The third-order valence-electron chi connectivity index (χ3n) is 5.34. The van der Waals surface area contributed by atoms with Crippen LogP contribution >= 0.6 is 0 Å². The standard InChI is InChI=1S/C22H24N4O3S/c1-26-14-20(18-6-9-23-10-7-18)22(25-26)19-4-2-16(3-5-19)13-24-21(27)12-17-8-11-30(28,29)15-17/h2-7,9-10,14,17H,8,11-13,15H2,1H3,(H,24,27)/t17-/m1/s1. The summed E-state index contributed by atoms with van der Waals surface area (Å²) in [6.07, 6.45) is 6.36. The van der Waals surface area contributed by atoms with Crippen LogP contribution in [0.4, 0.5) is 0 Å². The van der Waals surface area contributed by atoms with Crippen LogP contribution in [0.2, 0.25) is 0 Å². The van der Waals surface area contributed by atoms with Crippen molar-refractivity contribution in [1.82, 2.24) is 20.1 Å². The minimum atomic E-state index is -2.95. The normalized spacial score (nSPS) is 17.7. The average molecular weight is 425 g/mol. The van der Waals surface area contributed by atoms with Gasteiger partial charge in [-0.2, -0.15) is 5.10 Å². The number of hydrogen-bond donors (Lipinski definition) is 1. The Balaban J connectivity index is 1.40. The van der Waals surface area contributed by atoms with Crippen molar-refractivity contribution in [3.05, 3.63) is 60.6 Å². The summed E-state index contributed by atoms with van der Waals surface area (Å²) in [7, 11) is -1.06. The molecule has 1 saturated heterocycles. The van der Waals surface area contributed by atoms with Crippen LogP contribution in [0.5, 0.6) is 0 Å². The van der Waals surface area contributed by atoms with Crippen LogP contribution in [-0.2, 0) is 28.2 Å². The first-order chi connectivity index (χ1) is 14.4. The highest BCUT2D eigenvalue weighted by atomic mass is 32.2. The summed E-state index contributed by atoms with van der Waals surface area (Å²) < 4.78 is 24.8. The molecule has 1 N–H and O–H groups in total. The highest BCUT2D eigenvalue weighted by Gasteiger charge is 2.29. The largest absolute Gasteiger partial charge is 0.352 e. The summed E-state index contributed by atoms with van der Waals surface area (Å²) in [4.78, 5) is 16.2. The van der Waals surface area contributed by atoms with E-state index in [2.05, 4.69) is 15.4 Å². The average Bonchev–Trinajstić information content (AvgIpc) is 3.29. The lowest BCUT2D eigenvalue weighted by molar-refractivity contribution is -0.122. The van der Waals surface area contributed by atoms with Crippen molar-refractivity contribution < 1.29 is 13.2 Å². The summed E-state index contributed by atoms with van der Waals surface area (Å²) in [5.41, 5.74) is 4.95. The molecule has 0 saturated carbocycles. The minimum absolute atomic E-state index is 0.0619. The second kappa shape index (κ2) is 8.39. The number of nitrogens with zero attached hydrogens (tertiary/aromatic N) is 3. The molecule has 4 rings (SSSR count). The van der Waals surface area contributed by atoms with Gasteiger partial charge in [0.15, 0.2) is 9.84 Å². The van der Waals surface area contributed by atoms with Gasteiger partial charge >= 0.3 is 0 Å². The predicted octanol–water partition coefficient (Wildman–Crippen LogP) is 2.59. The van der Waals surface area contributed by atoms with Gasteiger partial charge < -0.3 is 5.32 Å². The van der Waals surface area contributed by atoms with E-state index in [4.69, 9.17) is 0 Å². The Kier molecular flexibility index (Phi) is 5.67. The fraction of sp³-hybridized carbons (Fsp3) is 0.318. The Morgan fingerprint density at radius 1 is 1.13 bits per heavy atom. The predicted molar refractivity (Wildman–Crippen MR) is 115 cm³/mol. The summed E-state index contributed by atoms with van der Waals surface area (Å²) in [6.45, 7) is 0.415. The first-order valence-electron chi connectivity index (χ1n) is 9.90. The molecule has 1 atom stereocenters. The van der Waals surface area contributed by atoms with E-state index in [9.17, 15) is 13.2 Å². The lowest BCUT2D eigenvalue weighted by atomic mass is 10.0. The maximum atomic E-state index is 12.2. The first-order valence-corrected chi connectivity index (χ1v) is 11.7. The number of carbonyl (C=O) groups is 1. The van der Waals surface area contributed by atoms with Gasteiger partial charge in [-0.3, -0.25) is 14.5 Å². The topological polar surface area (TPSA) is 94.0 Å². The van der Waals surface area contributed by atoms with Crippen LogP contribution in [-0.4, -0.2) is 40.6 Å². The molecule has 0 bridgehead atoms. The van der Waals surface area contributed by atoms with Crippen LogP contribution in [0.25, 0.3) is 22.4 Å². The lowest BCUT2D eigenvalue weighted by Gasteiger charge is -2.09. The number of sulfone groups is 1. The molecule has 1 aromatic carbocycles.